The van der Waals surface area contributed by atoms with Gasteiger partial charge in [0, 0.05) is 13.1 Å². The molecule has 3 rings (SSSR count). The lowest BCUT2D eigenvalue weighted by atomic mass is 9.90. The minimum absolute atomic E-state index is 0.0402. The van der Waals surface area contributed by atoms with Gasteiger partial charge in [-0.05, 0) is 42.0 Å². The van der Waals surface area contributed by atoms with Gasteiger partial charge in [-0.3, -0.25) is 0 Å². The van der Waals surface area contributed by atoms with Gasteiger partial charge in [0.2, 0.25) is 10.0 Å². The van der Waals surface area contributed by atoms with Crippen LogP contribution in [-0.4, -0.2) is 25.8 Å². The first kappa shape index (κ1) is 16.1. The Labute approximate surface area is 136 Å². The zero-order chi connectivity index (χ0) is 16.3. The summed E-state index contributed by atoms with van der Waals surface area (Å²) in [6.45, 7) is 0.993. The van der Waals surface area contributed by atoms with Crippen molar-refractivity contribution in [2.75, 3.05) is 13.1 Å². The van der Waals surface area contributed by atoms with Gasteiger partial charge in [-0.15, -0.1) is 0 Å². The highest BCUT2D eigenvalue weighted by atomic mass is 32.2. The number of benzene rings is 2. The number of hydrogen-bond acceptors (Lipinski definition) is 2. The maximum absolute atomic E-state index is 13.3. The first-order valence-electron chi connectivity index (χ1n) is 7.82. The van der Waals surface area contributed by atoms with Crippen molar-refractivity contribution in [3.05, 3.63) is 71.5 Å². The van der Waals surface area contributed by atoms with E-state index in [9.17, 15) is 12.8 Å². The van der Waals surface area contributed by atoms with Crippen LogP contribution in [0.15, 0.2) is 54.6 Å². The Morgan fingerprint density at radius 2 is 1.70 bits per heavy atom. The van der Waals surface area contributed by atoms with E-state index in [0.717, 1.165) is 24.0 Å². The first-order valence-corrected chi connectivity index (χ1v) is 9.43. The number of sulfonamides is 1. The van der Waals surface area contributed by atoms with E-state index in [1.165, 1.54) is 6.07 Å². The number of nitrogens with zero attached hydrogens (tertiary/aromatic N) is 1. The van der Waals surface area contributed by atoms with Crippen LogP contribution in [0.3, 0.4) is 0 Å². The fraction of sp³-hybridized carbons (Fsp3) is 0.333. The molecular formula is C18H20FNO2S. The molecule has 122 valence electrons. The van der Waals surface area contributed by atoms with Crippen molar-refractivity contribution in [1.29, 1.82) is 0 Å². The summed E-state index contributed by atoms with van der Waals surface area (Å²) in [6.07, 6.45) is 1.47. The molecule has 0 amide bonds. The Balaban J connectivity index is 1.64. The molecule has 1 fully saturated rings. The summed E-state index contributed by atoms with van der Waals surface area (Å²) in [7, 11) is -3.29. The number of hydrogen-bond donors (Lipinski definition) is 0. The third kappa shape index (κ3) is 3.98. The molecule has 2 aromatic rings. The van der Waals surface area contributed by atoms with Gasteiger partial charge in [-0.25, -0.2) is 17.1 Å². The fourth-order valence-electron chi connectivity index (χ4n) is 3.10. The normalized spacial score (nSPS) is 17.3. The van der Waals surface area contributed by atoms with Crippen molar-refractivity contribution in [2.45, 2.75) is 24.5 Å². The Morgan fingerprint density at radius 1 is 1.00 bits per heavy atom. The largest absolute Gasteiger partial charge is 0.218 e. The predicted molar refractivity (Wildman–Crippen MR) is 89.0 cm³/mol. The zero-order valence-electron chi connectivity index (χ0n) is 12.9. The van der Waals surface area contributed by atoms with E-state index < -0.39 is 10.0 Å². The highest BCUT2D eigenvalue weighted by molar-refractivity contribution is 7.88. The summed E-state index contributed by atoms with van der Waals surface area (Å²) in [4.78, 5) is 0. The second-order valence-electron chi connectivity index (χ2n) is 5.97. The highest BCUT2D eigenvalue weighted by Crippen LogP contribution is 2.30. The average Bonchev–Trinajstić information content (AvgIpc) is 2.55. The quantitative estimate of drug-likeness (QED) is 0.858. The third-order valence-electron chi connectivity index (χ3n) is 4.36. The molecule has 0 aliphatic carbocycles. The summed E-state index contributed by atoms with van der Waals surface area (Å²) in [5.74, 6) is 0.0360. The third-order valence-corrected chi connectivity index (χ3v) is 6.21. The molecule has 5 heteroatoms. The summed E-state index contributed by atoms with van der Waals surface area (Å²) in [5, 5.41) is 0. The second-order valence-corrected chi connectivity index (χ2v) is 7.94. The zero-order valence-corrected chi connectivity index (χ0v) is 13.7. The molecule has 1 aliphatic heterocycles. The van der Waals surface area contributed by atoms with Gasteiger partial charge < -0.3 is 0 Å². The molecule has 0 saturated carbocycles. The number of piperidine rings is 1. The summed E-state index contributed by atoms with van der Waals surface area (Å²) in [6, 6.07) is 15.9. The lowest BCUT2D eigenvalue weighted by Gasteiger charge is -2.31. The van der Waals surface area contributed by atoms with E-state index in [0.29, 0.717) is 13.1 Å². The van der Waals surface area contributed by atoms with Gasteiger partial charge >= 0.3 is 0 Å². The van der Waals surface area contributed by atoms with Crippen LogP contribution in [0.25, 0.3) is 0 Å². The van der Waals surface area contributed by atoms with Crippen molar-refractivity contribution in [3.63, 3.8) is 0 Å². The average molecular weight is 333 g/mol. The van der Waals surface area contributed by atoms with Gasteiger partial charge in [0.1, 0.15) is 5.82 Å². The van der Waals surface area contributed by atoms with Gasteiger partial charge in [0.25, 0.3) is 0 Å². The van der Waals surface area contributed by atoms with Crippen molar-refractivity contribution < 1.29 is 12.8 Å². The van der Waals surface area contributed by atoms with Crippen LogP contribution in [0.1, 0.15) is 29.9 Å². The van der Waals surface area contributed by atoms with E-state index in [4.69, 9.17) is 0 Å². The van der Waals surface area contributed by atoms with E-state index >= 15 is 0 Å². The molecule has 1 heterocycles. The lowest BCUT2D eigenvalue weighted by Crippen LogP contribution is -2.38. The topological polar surface area (TPSA) is 37.4 Å². The molecule has 1 saturated heterocycles. The minimum atomic E-state index is -3.29. The first-order chi connectivity index (χ1) is 11.0. The van der Waals surface area contributed by atoms with Crippen LogP contribution < -0.4 is 0 Å². The highest BCUT2D eigenvalue weighted by Gasteiger charge is 2.28. The Morgan fingerprint density at radius 3 is 2.35 bits per heavy atom. The van der Waals surface area contributed by atoms with E-state index in [1.807, 2.05) is 36.4 Å². The van der Waals surface area contributed by atoms with Crippen LogP contribution >= 0.6 is 0 Å². The minimum Gasteiger partial charge on any atom is -0.212 e. The van der Waals surface area contributed by atoms with Crippen LogP contribution in [0.2, 0.25) is 0 Å². The smallest absolute Gasteiger partial charge is 0.212 e. The maximum Gasteiger partial charge on any atom is 0.218 e. The fourth-order valence-corrected chi connectivity index (χ4v) is 4.67. The van der Waals surface area contributed by atoms with Gasteiger partial charge in [0.15, 0.2) is 0 Å². The molecule has 1 aliphatic rings. The molecule has 23 heavy (non-hydrogen) atoms. The van der Waals surface area contributed by atoms with Crippen LogP contribution in [0.5, 0.6) is 0 Å². The lowest BCUT2D eigenvalue weighted by molar-refractivity contribution is 0.319. The van der Waals surface area contributed by atoms with Gasteiger partial charge in [-0.2, -0.15) is 0 Å². The summed E-state index contributed by atoms with van der Waals surface area (Å²) >= 11 is 0. The molecule has 0 radical (unpaired) electrons. The van der Waals surface area contributed by atoms with E-state index in [-0.39, 0.29) is 17.5 Å². The van der Waals surface area contributed by atoms with Crippen LogP contribution in [-0.2, 0) is 15.8 Å². The van der Waals surface area contributed by atoms with E-state index in [2.05, 4.69) is 0 Å². The standard InChI is InChI=1S/C18H20FNO2S/c19-18-8-4-7-17(13-18)16-9-11-20(12-10-16)23(21,22)14-15-5-2-1-3-6-15/h1-8,13,16H,9-12,14H2. The number of rotatable bonds is 4. The molecule has 0 unspecified atom stereocenters. The molecule has 0 N–H and O–H groups in total. The Kier molecular flexibility index (Phi) is 4.78. The molecule has 0 spiro atoms. The van der Waals surface area contributed by atoms with Gasteiger partial charge in [-0.1, -0.05) is 42.5 Å². The van der Waals surface area contributed by atoms with Crippen molar-refractivity contribution in [3.8, 4) is 0 Å². The Hall–Kier alpha value is -1.72. The molecule has 0 aromatic heterocycles. The second kappa shape index (κ2) is 6.81. The van der Waals surface area contributed by atoms with Crippen LogP contribution in [0, 0.1) is 5.82 Å². The molecule has 3 nitrogen and oxygen atoms in total. The molecule has 0 atom stereocenters. The number of halogens is 1. The molecular weight excluding hydrogens is 313 g/mol. The molecule has 2 aromatic carbocycles. The predicted octanol–water partition coefficient (Wildman–Crippen LogP) is 3.54. The van der Waals surface area contributed by atoms with Crippen molar-refractivity contribution >= 4 is 10.0 Å². The Bertz CT molecular complexity index is 754. The summed E-state index contributed by atoms with van der Waals surface area (Å²) in [5.41, 5.74) is 1.77. The van der Waals surface area contributed by atoms with Crippen LogP contribution in [0.4, 0.5) is 4.39 Å². The van der Waals surface area contributed by atoms with Crippen molar-refractivity contribution in [2.24, 2.45) is 0 Å². The van der Waals surface area contributed by atoms with Gasteiger partial charge in [0.05, 0.1) is 5.75 Å². The molecule has 0 bridgehead atoms. The summed E-state index contributed by atoms with van der Waals surface area (Å²) < 4.78 is 39.9. The maximum atomic E-state index is 13.3. The van der Waals surface area contributed by atoms with Crippen molar-refractivity contribution in [1.82, 2.24) is 4.31 Å². The SMILES string of the molecule is O=S(=O)(Cc1ccccc1)N1CCC(c2cccc(F)c2)CC1. The monoisotopic (exact) mass is 333 g/mol. The van der Waals surface area contributed by atoms with E-state index in [1.54, 1.807) is 16.4 Å².